The van der Waals surface area contributed by atoms with Gasteiger partial charge in [0.1, 0.15) is 0 Å². The van der Waals surface area contributed by atoms with E-state index in [-0.39, 0.29) is 24.8 Å². The lowest BCUT2D eigenvalue weighted by Gasteiger charge is -2.35. The third kappa shape index (κ3) is 4.80. The van der Waals surface area contributed by atoms with E-state index in [1.807, 2.05) is 11.3 Å². The van der Waals surface area contributed by atoms with E-state index < -0.39 is 0 Å². The third-order valence-corrected chi connectivity index (χ3v) is 5.50. The Morgan fingerprint density at radius 2 is 1.95 bits per heavy atom. The molecule has 1 aromatic rings. The molecule has 2 fully saturated rings. The van der Waals surface area contributed by atoms with Crippen LogP contribution in [0.4, 0.5) is 0 Å². The van der Waals surface area contributed by atoms with E-state index in [0.29, 0.717) is 0 Å². The fourth-order valence-corrected chi connectivity index (χ4v) is 4.41. The van der Waals surface area contributed by atoms with Crippen LogP contribution in [0.5, 0.6) is 0 Å². The molecule has 1 N–H and O–H groups in total. The molecule has 122 valence electrons. The number of hydrogen-bond acceptors (Lipinski definition) is 4. The first-order chi connectivity index (χ1) is 9.24. The van der Waals surface area contributed by atoms with Gasteiger partial charge in [-0.05, 0) is 45.6 Å². The number of aryl methyl sites for hydroxylation is 1. The molecule has 2 aliphatic rings. The lowest BCUT2D eigenvalue weighted by Crippen LogP contribution is -2.46. The molecule has 0 spiro atoms. The minimum atomic E-state index is 0. The van der Waals surface area contributed by atoms with Crippen molar-refractivity contribution in [3.8, 4) is 0 Å². The van der Waals surface area contributed by atoms with Crippen LogP contribution in [0.15, 0.2) is 5.38 Å². The molecule has 6 heteroatoms. The molecule has 2 unspecified atom stereocenters. The normalized spacial score (nSPS) is 27.3. The molecular formula is C15H27Cl2N3S. The molecule has 0 radical (unpaired) electrons. The molecule has 0 aliphatic carbocycles. The zero-order chi connectivity index (χ0) is 13.2. The van der Waals surface area contributed by atoms with E-state index in [9.17, 15) is 0 Å². The molecule has 2 saturated heterocycles. The lowest BCUT2D eigenvalue weighted by molar-refractivity contribution is 0.164. The Labute approximate surface area is 144 Å². The van der Waals surface area contributed by atoms with Crippen LogP contribution < -0.4 is 5.32 Å². The van der Waals surface area contributed by atoms with E-state index in [4.69, 9.17) is 4.98 Å². The maximum absolute atomic E-state index is 4.75. The van der Waals surface area contributed by atoms with Crippen LogP contribution >= 0.6 is 36.2 Å². The van der Waals surface area contributed by atoms with Crippen LogP contribution in [0.2, 0.25) is 0 Å². The number of hydrogen-bond donors (Lipinski definition) is 1. The molecule has 3 nitrogen and oxygen atoms in total. The Morgan fingerprint density at radius 3 is 2.57 bits per heavy atom. The fourth-order valence-electron chi connectivity index (χ4n) is 3.52. The topological polar surface area (TPSA) is 28.2 Å². The number of nitrogens with one attached hydrogen (secondary N) is 1. The van der Waals surface area contributed by atoms with E-state index in [2.05, 4.69) is 29.6 Å². The number of piperidine rings is 1. The Bertz CT molecular complexity index is 415. The lowest BCUT2D eigenvalue weighted by atomic mass is 9.98. The van der Waals surface area contributed by atoms with Gasteiger partial charge in [0, 0.05) is 30.1 Å². The average molecular weight is 352 g/mol. The highest BCUT2D eigenvalue weighted by Crippen LogP contribution is 2.29. The smallest absolute Gasteiger partial charge is 0.0928 e. The van der Waals surface area contributed by atoms with Gasteiger partial charge in [-0.2, -0.15) is 0 Å². The van der Waals surface area contributed by atoms with Crippen LogP contribution in [-0.2, 0) is 13.0 Å². The van der Waals surface area contributed by atoms with Crippen molar-refractivity contribution >= 4 is 36.2 Å². The largest absolute Gasteiger partial charge is 0.311 e. The summed E-state index contributed by atoms with van der Waals surface area (Å²) in [6.07, 6.45) is 7.73. The number of halogens is 2. The molecule has 3 rings (SSSR count). The van der Waals surface area contributed by atoms with Crippen LogP contribution in [0.1, 0.15) is 49.7 Å². The van der Waals surface area contributed by atoms with Crippen LogP contribution in [-0.4, -0.2) is 35.1 Å². The maximum atomic E-state index is 4.75. The third-order valence-electron chi connectivity index (χ3n) is 4.55. The molecule has 2 atom stereocenters. The number of rotatable bonds is 5. The molecule has 0 aromatic carbocycles. The van der Waals surface area contributed by atoms with E-state index in [1.165, 1.54) is 42.8 Å². The summed E-state index contributed by atoms with van der Waals surface area (Å²) in [6.45, 7) is 3.24. The van der Waals surface area contributed by atoms with Crippen molar-refractivity contribution in [1.29, 1.82) is 0 Å². The van der Waals surface area contributed by atoms with Gasteiger partial charge in [0.15, 0.2) is 0 Å². The predicted octanol–water partition coefficient (Wildman–Crippen LogP) is 3.65. The van der Waals surface area contributed by atoms with Gasteiger partial charge in [-0.1, -0.05) is 6.92 Å². The monoisotopic (exact) mass is 351 g/mol. The molecule has 0 saturated carbocycles. The summed E-state index contributed by atoms with van der Waals surface area (Å²) in [6, 6.07) is 2.30. The minimum Gasteiger partial charge on any atom is -0.311 e. The number of nitrogens with zero attached hydrogens (tertiary/aromatic N) is 2. The van der Waals surface area contributed by atoms with Crippen molar-refractivity contribution in [1.82, 2.24) is 15.2 Å². The van der Waals surface area contributed by atoms with Crippen molar-refractivity contribution in [2.24, 2.45) is 0 Å². The van der Waals surface area contributed by atoms with Crippen LogP contribution in [0, 0.1) is 0 Å². The van der Waals surface area contributed by atoms with Crippen molar-refractivity contribution < 1.29 is 0 Å². The molecule has 1 aromatic heterocycles. The number of thiazole rings is 1. The first-order valence-electron chi connectivity index (χ1n) is 7.64. The highest BCUT2D eigenvalue weighted by Gasteiger charge is 2.35. The Morgan fingerprint density at radius 1 is 1.29 bits per heavy atom. The van der Waals surface area contributed by atoms with Crippen LogP contribution in [0.25, 0.3) is 0 Å². The predicted molar refractivity (Wildman–Crippen MR) is 95.0 cm³/mol. The van der Waals surface area contributed by atoms with Gasteiger partial charge in [0.05, 0.1) is 10.7 Å². The minimum absolute atomic E-state index is 0. The highest BCUT2D eigenvalue weighted by molar-refractivity contribution is 7.09. The molecule has 2 aliphatic heterocycles. The van der Waals surface area contributed by atoms with E-state index >= 15 is 0 Å². The summed E-state index contributed by atoms with van der Waals surface area (Å²) < 4.78 is 0. The van der Waals surface area contributed by atoms with Crippen LogP contribution in [0.3, 0.4) is 0 Å². The second-order valence-corrected chi connectivity index (χ2v) is 7.10. The zero-order valence-corrected chi connectivity index (χ0v) is 15.3. The maximum Gasteiger partial charge on any atom is 0.0928 e. The van der Waals surface area contributed by atoms with Crippen molar-refractivity contribution in [2.75, 3.05) is 7.05 Å². The van der Waals surface area contributed by atoms with Gasteiger partial charge < -0.3 is 5.32 Å². The van der Waals surface area contributed by atoms with Crippen molar-refractivity contribution in [3.05, 3.63) is 16.1 Å². The van der Waals surface area contributed by atoms with Gasteiger partial charge in [0.25, 0.3) is 0 Å². The fraction of sp³-hybridized carbons (Fsp3) is 0.800. The summed E-state index contributed by atoms with van der Waals surface area (Å²) in [7, 11) is 2.27. The van der Waals surface area contributed by atoms with Gasteiger partial charge in [-0.15, -0.1) is 36.2 Å². The highest BCUT2D eigenvalue weighted by atomic mass is 35.5. The molecule has 21 heavy (non-hydrogen) atoms. The summed E-state index contributed by atoms with van der Waals surface area (Å²) in [5.74, 6) is 0. The molecule has 2 bridgehead atoms. The zero-order valence-electron chi connectivity index (χ0n) is 12.9. The number of aromatic nitrogens is 1. The van der Waals surface area contributed by atoms with Crippen molar-refractivity contribution in [3.63, 3.8) is 0 Å². The standard InChI is InChI=1S/C15H25N3S.2ClH/c1-3-4-15-17-13(10-19-15)9-18(2)14-7-11-5-6-12(8-14)16-11;;/h10-12,14,16H,3-9H2,1-2H3;2*1H. The summed E-state index contributed by atoms with van der Waals surface area (Å²) in [4.78, 5) is 7.27. The average Bonchev–Trinajstić information content (AvgIpc) is 2.97. The first-order valence-corrected chi connectivity index (χ1v) is 8.52. The Balaban J connectivity index is 0.00000110. The Hall–Kier alpha value is 0.130. The molecule has 0 amide bonds. The number of fused-ring (bicyclic) bond motifs is 2. The summed E-state index contributed by atoms with van der Waals surface area (Å²) >= 11 is 1.83. The van der Waals surface area contributed by atoms with Gasteiger partial charge >= 0.3 is 0 Å². The van der Waals surface area contributed by atoms with E-state index in [0.717, 1.165) is 31.1 Å². The van der Waals surface area contributed by atoms with Gasteiger partial charge in [0.2, 0.25) is 0 Å². The second-order valence-electron chi connectivity index (χ2n) is 6.16. The first kappa shape index (κ1) is 19.2. The Kier molecular flexibility index (Phi) is 7.93. The van der Waals surface area contributed by atoms with Gasteiger partial charge in [-0.3, -0.25) is 4.90 Å². The quantitative estimate of drug-likeness (QED) is 0.877. The molecule has 3 heterocycles. The van der Waals surface area contributed by atoms with Gasteiger partial charge in [-0.25, -0.2) is 4.98 Å². The SMILES string of the molecule is CCCc1nc(CN(C)C2CC3CCC(C2)N3)cs1.Cl.Cl. The van der Waals surface area contributed by atoms with E-state index in [1.54, 1.807) is 0 Å². The molecular weight excluding hydrogens is 325 g/mol. The van der Waals surface area contributed by atoms with Crippen molar-refractivity contribution in [2.45, 2.75) is 70.1 Å². The summed E-state index contributed by atoms with van der Waals surface area (Å²) in [5, 5.41) is 7.27. The summed E-state index contributed by atoms with van der Waals surface area (Å²) in [5.41, 5.74) is 1.27. The second kappa shape index (κ2) is 8.68.